The summed E-state index contributed by atoms with van der Waals surface area (Å²) in [5.41, 5.74) is 9.60. The van der Waals surface area contributed by atoms with E-state index >= 15 is 0 Å². The molecule has 0 aliphatic rings. The molecule has 2 aromatic heterocycles. The zero-order valence-corrected chi connectivity index (χ0v) is 17.3. The van der Waals surface area contributed by atoms with E-state index in [1.54, 1.807) is 29.9 Å². The zero-order chi connectivity index (χ0) is 21.8. The van der Waals surface area contributed by atoms with Gasteiger partial charge in [0.05, 0.1) is 11.0 Å². The van der Waals surface area contributed by atoms with Crippen LogP contribution >= 0.6 is 0 Å². The van der Waals surface area contributed by atoms with Crippen molar-refractivity contribution in [1.29, 1.82) is 0 Å². The Bertz CT molecular complexity index is 1240. The number of aromatic nitrogens is 3. The van der Waals surface area contributed by atoms with Gasteiger partial charge in [-0.25, -0.2) is 14.4 Å². The number of nitrogens with two attached hydrogens (primary N) is 1. The fraction of sp³-hybridized carbons (Fsp3) is 0.261. The number of carbonyl (C=O) groups is 1. The second-order valence-corrected chi connectivity index (χ2v) is 7.24. The molecule has 0 atom stereocenters. The van der Waals surface area contributed by atoms with Crippen LogP contribution in [0.15, 0.2) is 48.5 Å². The first-order valence-corrected chi connectivity index (χ1v) is 10.1. The third-order valence-electron chi connectivity index (χ3n) is 5.19. The van der Waals surface area contributed by atoms with E-state index in [1.807, 2.05) is 24.3 Å². The lowest BCUT2D eigenvalue weighted by Crippen LogP contribution is -2.26. The number of hydrogen-bond donors (Lipinski definition) is 2. The Balaban J connectivity index is 1.75. The molecule has 0 saturated heterocycles. The lowest BCUT2D eigenvalue weighted by Gasteiger charge is -2.09. The average Bonchev–Trinajstić information content (AvgIpc) is 3.04. The van der Waals surface area contributed by atoms with Gasteiger partial charge in [-0.1, -0.05) is 30.3 Å². The van der Waals surface area contributed by atoms with Gasteiger partial charge in [-0.3, -0.25) is 4.79 Å². The number of para-hydroxylation sites is 2. The number of nitrogens with zero attached hydrogens (tertiary/aromatic N) is 3. The van der Waals surface area contributed by atoms with Gasteiger partial charge in [0, 0.05) is 26.8 Å². The highest BCUT2D eigenvalue weighted by Crippen LogP contribution is 2.28. The molecule has 0 spiro atoms. The van der Waals surface area contributed by atoms with Crippen LogP contribution in [0.4, 0.5) is 10.2 Å². The van der Waals surface area contributed by atoms with Crippen LogP contribution in [0.25, 0.3) is 22.2 Å². The second-order valence-electron chi connectivity index (χ2n) is 7.24. The Morgan fingerprint density at radius 2 is 1.84 bits per heavy atom. The fourth-order valence-corrected chi connectivity index (χ4v) is 3.61. The van der Waals surface area contributed by atoms with Gasteiger partial charge in [0.2, 0.25) is 0 Å². The smallest absolute Gasteiger partial charge is 0.257 e. The Hall–Kier alpha value is -3.52. The van der Waals surface area contributed by atoms with Crippen molar-refractivity contribution in [2.45, 2.75) is 19.4 Å². The lowest BCUT2D eigenvalue weighted by atomic mass is 10.1. The number of anilines is 1. The number of halogens is 1. The Labute approximate surface area is 179 Å². The van der Waals surface area contributed by atoms with Crippen molar-refractivity contribution in [2.24, 2.45) is 0 Å². The van der Waals surface area contributed by atoms with Crippen molar-refractivity contribution in [3.05, 3.63) is 65.5 Å². The normalized spacial score (nSPS) is 11.3. The van der Waals surface area contributed by atoms with Gasteiger partial charge in [0.25, 0.3) is 5.91 Å². The predicted octanol–water partition coefficient (Wildman–Crippen LogP) is 3.31. The number of methoxy groups -OCH3 is 1. The molecule has 1 amide bonds. The molecule has 160 valence electrons. The molecule has 3 N–H and O–H groups in total. The lowest BCUT2D eigenvalue weighted by molar-refractivity contribution is 0.0951. The summed E-state index contributed by atoms with van der Waals surface area (Å²) in [6, 6.07) is 14.1. The molecule has 0 aliphatic carbocycles. The predicted molar refractivity (Wildman–Crippen MR) is 118 cm³/mol. The highest BCUT2D eigenvalue weighted by molar-refractivity contribution is 6.10. The minimum atomic E-state index is -0.312. The number of ether oxygens (including phenoxy) is 1. The van der Waals surface area contributed by atoms with E-state index in [0.717, 1.165) is 0 Å². The van der Waals surface area contributed by atoms with Crippen LogP contribution in [0.2, 0.25) is 0 Å². The highest BCUT2D eigenvalue weighted by Gasteiger charge is 2.23. The molecule has 0 aliphatic heterocycles. The first kappa shape index (κ1) is 20.7. The summed E-state index contributed by atoms with van der Waals surface area (Å²) in [7, 11) is 1.61. The molecule has 0 fully saturated rings. The summed E-state index contributed by atoms with van der Waals surface area (Å²) in [6.45, 7) is 1.37. The van der Waals surface area contributed by atoms with Crippen LogP contribution in [0.3, 0.4) is 0 Å². The maximum atomic E-state index is 14.1. The van der Waals surface area contributed by atoms with E-state index in [1.165, 1.54) is 6.07 Å². The minimum Gasteiger partial charge on any atom is -0.385 e. The quantitative estimate of drug-likeness (QED) is 0.426. The maximum Gasteiger partial charge on any atom is 0.257 e. The van der Waals surface area contributed by atoms with Crippen LogP contribution in [0.1, 0.15) is 22.3 Å². The van der Waals surface area contributed by atoms with Crippen molar-refractivity contribution >= 4 is 33.9 Å². The summed E-state index contributed by atoms with van der Waals surface area (Å²) < 4.78 is 20.9. The minimum absolute atomic E-state index is 0.269. The number of carbonyl (C=O) groups excluding carboxylic acids is 1. The van der Waals surface area contributed by atoms with E-state index in [2.05, 4.69) is 10.3 Å². The molecule has 7 nitrogen and oxygen atoms in total. The first-order valence-electron chi connectivity index (χ1n) is 10.1. The second kappa shape index (κ2) is 9.09. The van der Waals surface area contributed by atoms with Crippen LogP contribution in [0.5, 0.6) is 0 Å². The monoisotopic (exact) mass is 421 g/mol. The van der Waals surface area contributed by atoms with Crippen LogP contribution in [-0.2, 0) is 17.7 Å². The van der Waals surface area contributed by atoms with Crippen molar-refractivity contribution in [1.82, 2.24) is 19.9 Å². The molecular formula is C23H24FN5O2. The molecule has 0 saturated carbocycles. The molecule has 2 heterocycles. The van der Waals surface area contributed by atoms with Crippen LogP contribution in [0, 0.1) is 5.82 Å². The summed E-state index contributed by atoms with van der Waals surface area (Å²) >= 11 is 0. The first-order chi connectivity index (χ1) is 15.1. The Morgan fingerprint density at radius 1 is 1.13 bits per heavy atom. The van der Waals surface area contributed by atoms with E-state index in [-0.39, 0.29) is 17.5 Å². The van der Waals surface area contributed by atoms with Crippen LogP contribution < -0.4 is 11.1 Å². The topological polar surface area (TPSA) is 95.1 Å². The van der Waals surface area contributed by atoms with Crippen molar-refractivity contribution in [2.75, 3.05) is 26.0 Å². The Morgan fingerprint density at radius 3 is 2.58 bits per heavy atom. The molecule has 31 heavy (non-hydrogen) atoms. The number of rotatable bonds is 8. The molecule has 4 rings (SSSR count). The maximum absolute atomic E-state index is 14.1. The van der Waals surface area contributed by atoms with Gasteiger partial charge >= 0.3 is 0 Å². The van der Waals surface area contributed by atoms with E-state index in [9.17, 15) is 9.18 Å². The van der Waals surface area contributed by atoms with Gasteiger partial charge in [0.15, 0.2) is 5.65 Å². The van der Waals surface area contributed by atoms with Gasteiger partial charge < -0.3 is 20.4 Å². The third kappa shape index (κ3) is 4.20. The third-order valence-corrected chi connectivity index (χ3v) is 5.19. The number of fused-ring (bicyclic) bond motifs is 2. The average molecular weight is 421 g/mol. The zero-order valence-electron chi connectivity index (χ0n) is 17.3. The van der Waals surface area contributed by atoms with Crippen molar-refractivity contribution in [3.8, 4) is 0 Å². The molecular weight excluding hydrogens is 397 g/mol. The Kier molecular flexibility index (Phi) is 6.08. The summed E-state index contributed by atoms with van der Waals surface area (Å²) in [5, 5.41) is 2.87. The molecule has 0 unspecified atom stereocenters. The standard InChI is InChI=1S/C23H24FN5O2/c1-31-14-6-12-26-23(30)19-20-22(28-18-10-5-4-9-17(18)27-20)29(21(19)25)13-11-15-7-2-3-8-16(15)24/h2-5,7-10H,6,11-14,25H2,1H3,(H,26,30). The van der Waals surface area contributed by atoms with E-state index < -0.39 is 0 Å². The SMILES string of the molecule is COCCCNC(=O)c1c(N)n(CCc2ccccc2F)c2nc3ccccc3nc12. The molecule has 4 aromatic rings. The number of nitrogen functional groups attached to an aromatic ring is 1. The summed E-state index contributed by atoms with van der Waals surface area (Å²) in [4.78, 5) is 22.3. The van der Waals surface area contributed by atoms with E-state index in [0.29, 0.717) is 65.9 Å². The van der Waals surface area contributed by atoms with Crippen molar-refractivity contribution < 1.29 is 13.9 Å². The summed E-state index contributed by atoms with van der Waals surface area (Å²) in [6.07, 6.45) is 1.09. The van der Waals surface area contributed by atoms with Crippen molar-refractivity contribution in [3.63, 3.8) is 0 Å². The number of nitrogens with one attached hydrogen (secondary N) is 1. The molecule has 8 heteroatoms. The molecule has 2 aromatic carbocycles. The molecule has 0 radical (unpaired) electrons. The van der Waals surface area contributed by atoms with Gasteiger partial charge in [-0.05, 0) is 36.6 Å². The largest absolute Gasteiger partial charge is 0.385 e. The van der Waals surface area contributed by atoms with Crippen LogP contribution in [-0.4, -0.2) is 40.7 Å². The number of hydrogen-bond acceptors (Lipinski definition) is 5. The highest BCUT2D eigenvalue weighted by atomic mass is 19.1. The van der Waals surface area contributed by atoms with Gasteiger partial charge in [0.1, 0.15) is 22.7 Å². The van der Waals surface area contributed by atoms with Gasteiger partial charge in [-0.2, -0.15) is 0 Å². The molecule has 0 bridgehead atoms. The number of aryl methyl sites for hydroxylation is 2. The number of benzene rings is 2. The number of amides is 1. The summed E-state index contributed by atoms with van der Waals surface area (Å²) in [5.74, 6) is -0.316. The van der Waals surface area contributed by atoms with Gasteiger partial charge in [-0.15, -0.1) is 0 Å². The van der Waals surface area contributed by atoms with E-state index in [4.69, 9.17) is 15.5 Å². The fourth-order valence-electron chi connectivity index (χ4n) is 3.61.